The van der Waals surface area contributed by atoms with Crippen LogP contribution in [-0.4, -0.2) is 38.0 Å². The predicted molar refractivity (Wildman–Crippen MR) is 86.1 cm³/mol. The number of ether oxygens (including phenoxy) is 3. The summed E-state index contributed by atoms with van der Waals surface area (Å²) in [5.74, 6) is -1.02. The maximum atomic E-state index is 12.2. The molecule has 1 aromatic rings. The number of hydrogen-bond donors (Lipinski definition) is 1. The summed E-state index contributed by atoms with van der Waals surface area (Å²) in [7, 11) is 4.48. The summed E-state index contributed by atoms with van der Waals surface area (Å²) in [5, 5.41) is 10.5. The highest BCUT2D eigenvalue weighted by molar-refractivity contribution is 6.04. The SMILES string of the molecule is COC1=CC(O)(OC)C(C=CC(=O)c2ccc(OC)cc2)C=C1. The normalized spacial score (nSPS) is 23.7. The summed E-state index contributed by atoms with van der Waals surface area (Å²) < 4.78 is 15.3. The van der Waals surface area contributed by atoms with Crippen molar-refractivity contribution in [1.82, 2.24) is 0 Å². The maximum Gasteiger partial charge on any atom is 0.198 e. The molecule has 5 nitrogen and oxygen atoms in total. The summed E-state index contributed by atoms with van der Waals surface area (Å²) in [6.45, 7) is 0. The van der Waals surface area contributed by atoms with Crippen LogP contribution in [0, 0.1) is 5.92 Å². The monoisotopic (exact) mass is 316 g/mol. The molecule has 0 heterocycles. The van der Waals surface area contributed by atoms with Gasteiger partial charge >= 0.3 is 0 Å². The van der Waals surface area contributed by atoms with E-state index in [4.69, 9.17) is 14.2 Å². The first-order valence-electron chi connectivity index (χ1n) is 7.11. The van der Waals surface area contributed by atoms with Crippen LogP contribution in [0.4, 0.5) is 0 Å². The van der Waals surface area contributed by atoms with E-state index in [1.807, 2.05) is 0 Å². The zero-order valence-corrected chi connectivity index (χ0v) is 13.4. The van der Waals surface area contributed by atoms with Gasteiger partial charge in [-0.05, 0) is 36.4 Å². The van der Waals surface area contributed by atoms with E-state index >= 15 is 0 Å². The van der Waals surface area contributed by atoms with Crippen molar-refractivity contribution in [2.24, 2.45) is 5.92 Å². The van der Waals surface area contributed by atoms with Gasteiger partial charge in [0.25, 0.3) is 0 Å². The van der Waals surface area contributed by atoms with Crippen LogP contribution in [0.5, 0.6) is 5.75 Å². The van der Waals surface area contributed by atoms with E-state index in [1.54, 1.807) is 49.6 Å². The van der Waals surface area contributed by atoms with E-state index in [2.05, 4.69) is 0 Å². The highest BCUT2D eigenvalue weighted by atomic mass is 16.6. The topological polar surface area (TPSA) is 65.0 Å². The zero-order valence-electron chi connectivity index (χ0n) is 13.4. The van der Waals surface area contributed by atoms with Crippen LogP contribution in [0.2, 0.25) is 0 Å². The lowest BCUT2D eigenvalue weighted by Crippen LogP contribution is -2.38. The first-order chi connectivity index (χ1) is 11.0. The van der Waals surface area contributed by atoms with Gasteiger partial charge in [-0.25, -0.2) is 0 Å². The van der Waals surface area contributed by atoms with Gasteiger partial charge in [0.05, 0.1) is 20.1 Å². The molecule has 2 atom stereocenters. The number of ketones is 1. The number of carbonyl (C=O) groups excluding carboxylic acids is 1. The molecular weight excluding hydrogens is 296 g/mol. The van der Waals surface area contributed by atoms with Gasteiger partial charge in [-0.1, -0.05) is 12.2 Å². The molecular formula is C18H20O5. The Bertz CT molecular complexity index is 642. The van der Waals surface area contributed by atoms with Crippen LogP contribution >= 0.6 is 0 Å². The standard InChI is InChI=1S/C18H20O5/c1-21-15-8-4-13(5-9-15)17(19)11-7-14-6-10-16(22-2)12-18(14,20)23-3/h4-12,14,20H,1-3H3. The number of benzene rings is 1. The van der Waals surface area contributed by atoms with E-state index in [0.29, 0.717) is 17.1 Å². The molecule has 0 radical (unpaired) electrons. The molecule has 0 saturated carbocycles. The number of aliphatic hydroxyl groups is 1. The molecule has 0 aliphatic heterocycles. The molecule has 122 valence electrons. The number of hydrogen-bond acceptors (Lipinski definition) is 5. The molecule has 1 aliphatic carbocycles. The molecule has 2 rings (SSSR count). The third kappa shape index (κ3) is 3.88. The second-order valence-corrected chi connectivity index (χ2v) is 5.04. The van der Waals surface area contributed by atoms with Crippen LogP contribution in [0.25, 0.3) is 0 Å². The zero-order chi connectivity index (χ0) is 16.9. The van der Waals surface area contributed by atoms with Crippen molar-refractivity contribution in [1.29, 1.82) is 0 Å². The van der Waals surface area contributed by atoms with E-state index in [9.17, 15) is 9.90 Å². The Balaban J connectivity index is 2.13. The third-order valence-electron chi connectivity index (χ3n) is 3.69. The Morgan fingerprint density at radius 1 is 1.17 bits per heavy atom. The lowest BCUT2D eigenvalue weighted by Gasteiger charge is -2.31. The summed E-state index contributed by atoms with van der Waals surface area (Å²) in [5.41, 5.74) is 0.538. The Labute approximate surface area is 135 Å². The average molecular weight is 316 g/mol. The molecule has 23 heavy (non-hydrogen) atoms. The van der Waals surface area contributed by atoms with Crippen molar-refractivity contribution >= 4 is 5.78 Å². The fourth-order valence-electron chi connectivity index (χ4n) is 2.25. The average Bonchev–Trinajstić information content (AvgIpc) is 2.60. The van der Waals surface area contributed by atoms with Gasteiger partial charge in [0.15, 0.2) is 11.6 Å². The Morgan fingerprint density at radius 2 is 1.87 bits per heavy atom. The summed E-state index contributed by atoms with van der Waals surface area (Å²) >= 11 is 0. The fraction of sp³-hybridized carbons (Fsp3) is 0.278. The molecule has 0 saturated heterocycles. The summed E-state index contributed by atoms with van der Waals surface area (Å²) in [4.78, 5) is 12.2. The van der Waals surface area contributed by atoms with Crippen molar-refractivity contribution in [3.05, 3.63) is 66.0 Å². The number of allylic oxidation sites excluding steroid dienone is 2. The lowest BCUT2D eigenvalue weighted by atomic mass is 9.92. The molecule has 2 unspecified atom stereocenters. The van der Waals surface area contributed by atoms with Gasteiger partial charge in [-0.2, -0.15) is 0 Å². The van der Waals surface area contributed by atoms with Gasteiger partial charge in [0, 0.05) is 18.7 Å². The predicted octanol–water partition coefficient (Wildman–Crippen LogP) is 2.49. The number of rotatable bonds is 6. The van der Waals surface area contributed by atoms with Gasteiger partial charge in [0.2, 0.25) is 0 Å². The van der Waals surface area contributed by atoms with Crippen molar-refractivity contribution in [3.8, 4) is 5.75 Å². The summed E-state index contributed by atoms with van der Waals surface area (Å²) in [6.07, 6.45) is 7.95. The van der Waals surface area contributed by atoms with Crippen molar-refractivity contribution in [2.75, 3.05) is 21.3 Å². The molecule has 0 aromatic heterocycles. The molecule has 1 aromatic carbocycles. The Kier molecular flexibility index (Phi) is 5.36. The van der Waals surface area contributed by atoms with Crippen LogP contribution in [-0.2, 0) is 9.47 Å². The molecule has 0 fully saturated rings. The van der Waals surface area contributed by atoms with Gasteiger partial charge in [-0.3, -0.25) is 4.79 Å². The van der Waals surface area contributed by atoms with Crippen molar-refractivity contribution in [3.63, 3.8) is 0 Å². The van der Waals surface area contributed by atoms with E-state index in [-0.39, 0.29) is 5.78 Å². The quantitative estimate of drug-likeness (QED) is 0.496. The molecule has 0 amide bonds. The maximum absolute atomic E-state index is 12.2. The molecule has 0 bridgehead atoms. The van der Waals surface area contributed by atoms with Crippen molar-refractivity contribution in [2.45, 2.75) is 5.79 Å². The second-order valence-electron chi connectivity index (χ2n) is 5.04. The molecule has 1 aliphatic rings. The van der Waals surface area contributed by atoms with E-state index in [1.165, 1.54) is 26.4 Å². The smallest absolute Gasteiger partial charge is 0.198 e. The minimum atomic E-state index is -1.54. The largest absolute Gasteiger partial charge is 0.497 e. The van der Waals surface area contributed by atoms with Gasteiger partial charge in [-0.15, -0.1) is 0 Å². The first-order valence-corrected chi connectivity index (χ1v) is 7.11. The van der Waals surface area contributed by atoms with Gasteiger partial charge in [0.1, 0.15) is 11.5 Å². The van der Waals surface area contributed by atoms with Gasteiger partial charge < -0.3 is 19.3 Å². The van der Waals surface area contributed by atoms with E-state index in [0.717, 1.165) is 0 Å². The highest BCUT2D eigenvalue weighted by Crippen LogP contribution is 2.29. The molecule has 0 spiro atoms. The minimum absolute atomic E-state index is 0.166. The Hall–Kier alpha value is -2.37. The first kappa shape index (κ1) is 17.0. The third-order valence-corrected chi connectivity index (χ3v) is 3.69. The van der Waals surface area contributed by atoms with Crippen LogP contribution in [0.3, 0.4) is 0 Å². The van der Waals surface area contributed by atoms with Crippen LogP contribution in [0.15, 0.2) is 60.4 Å². The molecule has 1 N–H and O–H groups in total. The van der Waals surface area contributed by atoms with Crippen molar-refractivity contribution < 1.29 is 24.1 Å². The number of methoxy groups -OCH3 is 3. The van der Waals surface area contributed by atoms with Crippen LogP contribution < -0.4 is 4.74 Å². The second kappa shape index (κ2) is 7.26. The Morgan fingerprint density at radius 3 is 2.43 bits per heavy atom. The number of carbonyl (C=O) groups is 1. The molecule has 5 heteroatoms. The summed E-state index contributed by atoms with van der Waals surface area (Å²) in [6, 6.07) is 6.82. The highest BCUT2D eigenvalue weighted by Gasteiger charge is 2.34. The fourth-order valence-corrected chi connectivity index (χ4v) is 2.25. The minimum Gasteiger partial charge on any atom is -0.497 e. The van der Waals surface area contributed by atoms with Crippen LogP contribution in [0.1, 0.15) is 10.4 Å². The van der Waals surface area contributed by atoms with E-state index < -0.39 is 11.7 Å². The lowest BCUT2D eigenvalue weighted by molar-refractivity contribution is -0.165.